The zero-order chi connectivity index (χ0) is 21.0. The number of amides is 3. The Morgan fingerprint density at radius 2 is 1.45 bits per heavy atom. The van der Waals surface area contributed by atoms with Crippen LogP contribution in [0.4, 0.5) is 17.1 Å². The molecule has 0 atom stereocenters. The van der Waals surface area contributed by atoms with E-state index in [4.69, 9.17) is 4.42 Å². The number of benzene rings is 2. The van der Waals surface area contributed by atoms with Gasteiger partial charge >= 0.3 is 0 Å². The van der Waals surface area contributed by atoms with Crippen molar-refractivity contribution in [2.45, 2.75) is 20.8 Å². The summed E-state index contributed by atoms with van der Waals surface area (Å²) in [5.74, 6) is -0.734. The molecule has 1 heterocycles. The second kappa shape index (κ2) is 8.43. The number of carbonyl (C=O) groups excluding carboxylic acids is 3. The molecule has 0 saturated carbocycles. The van der Waals surface area contributed by atoms with Crippen LogP contribution in [-0.2, 0) is 4.79 Å². The lowest BCUT2D eigenvalue weighted by molar-refractivity contribution is -0.114. The van der Waals surface area contributed by atoms with Gasteiger partial charge in [-0.05, 0) is 61.4 Å². The van der Waals surface area contributed by atoms with Crippen LogP contribution in [0.5, 0.6) is 0 Å². The van der Waals surface area contributed by atoms with Gasteiger partial charge < -0.3 is 20.4 Å². The summed E-state index contributed by atoms with van der Waals surface area (Å²) in [7, 11) is 0. The first-order chi connectivity index (χ1) is 13.8. The third-order valence-corrected chi connectivity index (χ3v) is 4.30. The SMILES string of the molecule is CC(=O)Nc1ccc(C)c(NC(=O)c2ccc(C)c(NC(=O)c3ccco3)c2)c1. The second-order valence-electron chi connectivity index (χ2n) is 6.63. The van der Waals surface area contributed by atoms with Crippen molar-refractivity contribution < 1.29 is 18.8 Å². The van der Waals surface area contributed by atoms with Gasteiger partial charge in [0, 0.05) is 29.5 Å². The van der Waals surface area contributed by atoms with Crippen molar-refractivity contribution in [1.82, 2.24) is 0 Å². The van der Waals surface area contributed by atoms with Gasteiger partial charge in [-0.25, -0.2) is 0 Å². The Bertz CT molecular complexity index is 1070. The van der Waals surface area contributed by atoms with Crippen LogP contribution in [0.15, 0.2) is 59.2 Å². The van der Waals surface area contributed by atoms with E-state index < -0.39 is 5.91 Å². The van der Waals surface area contributed by atoms with Crippen LogP contribution in [0.3, 0.4) is 0 Å². The highest BCUT2D eigenvalue weighted by Crippen LogP contribution is 2.23. The first kappa shape index (κ1) is 19.9. The maximum Gasteiger partial charge on any atom is 0.291 e. The molecule has 7 nitrogen and oxygen atoms in total. The van der Waals surface area contributed by atoms with Gasteiger partial charge in [-0.15, -0.1) is 0 Å². The quantitative estimate of drug-likeness (QED) is 0.601. The first-order valence-corrected chi connectivity index (χ1v) is 8.98. The van der Waals surface area contributed by atoms with E-state index in [1.807, 2.05) is 19.9 Å². The summed E-state index contributed by atoms with van der Waals surface area (Å²) in [5.41, 5.74) is 3.74. The Balaban J connectivity index is 1.79. The third kappa shape index (κ3) is 4.90. The van der Waals surface area contributed by atoms with Gasteiger partial charge in [-0.3, -0.25) is 14.4 Å². The number of hydrogen-bond donors (Lipinski definition) is 3. The molecule has 0 saturated heterocycles. The molecule has 3 amide bonds. The largest absolute Gasteiger partial charge is 0.459 e. The lowest BCUT2D eigenvalue weighted by Gasteiger charge is -2.13. The molecule has 0 aliphatic carbocycles. The molecule has 1 aromatic heterocycles. The molecule has 148 valence electrons. The van der Waals surface area contributed by atoms with E-state index in [1.54, 1.807) is 42.5 Å². The number of carbonyl (C=O) groups is 3. The molecule has 2 aromatic carbocycles. The maximum absolute atomic E-state index is 12.7. The minimum absolute atomic E-state index is 0.185. The fourth-order valence-electron chi connectivity index (χ4n) is 2.72. The molecule has 0 aliphatic heterocycles. The number of aryl methyl sites for hydroxylation is 2. The second-order valence-corrected chi connectivity index (χ2v) is 6.63. The monoisotopic (exact) mass is 391 g/mol. The van der Waals surface area contributed by atoms with E-state index in [0.717, 1.165) is 11.1 Å². The Morgan fingerprint density at radius 3 is 2.10 bits per heavy atom. The number of hydrogen-bond acceptors (Lipinski definition) is 4. The average Bonchev–Trinajstić information content (AvgIpc) is 3.20. The van der Waals surface area contributed by atoms with Crippen LogP contribution in [0, 0.1) is 13.8 Å². The van der Waals surface area contributed by atoms with Gasteiger partial charge in [-0.1, -0.05) is 12.1 Å². The Hall–Kier alpha value is -3.87. The summed E-state index contributed by atoms with van der Waals surface area (Å²) >= 11 is 0. The van der Waals surface area contributed by atoms with Crippen LogP contribution in [0.25, 0.3) is 0 Å². The molecule has 0 aliphatic rings. The topological polar surface area (TPSA) is 100 Å². The molecule has 3 rings (SSSR count). The maximum atomic E-state index is 12.7. The summed E-state index contributed by atoms with van der Waals surface area (Å²) in [5, 5.41) is 8.29. The zero-order valence-electron chi connectivity index (χ0n) is 16.3. The van der Waals surface area contributed by atoms with E-state index in [-0.39, 0.29) is 17.6 Å². The normalized spacial score (nSPS) is 10.3. The standard InChI is InChI=1S/C22H21N3O4/c1-13-6-8-16(11-18(13)25-22(28)20-5-4-10-29-20)21(27)24-19-12-17(23-15(3)26)9-7-14(19)2/h4-12H,1-3H3,(H,23,26)(H,24,27)(H,25,28). The van der Waals surface area contributed by atoms with Crippen molar-refractivity contribution >= 4 is 34.8 Å². The summed E-state index contributed by atoms with van der Waals surface area (Å²) in [6.07, 6.45) is 1.42. The van der Waals surface area contributed by atoms with Crippen molar-refractivity contribution in [2.24, 2.45) is 0 Å². The molecular weight excluding hydrogens is 370 g/mol. The van der Waals surface area contributed by atoms with Crippen molar-refractivity contribution in [3.8, 4) is 0 Å². The number of anilines is 3. The van der Waals surface area contributed by atoms with Gasteiger partial charge in [0.05, 0.1) is 6.26 Å². The van der Waals surface area contributed by atoms with Crippen molar-refractivity contribution in [3.63, 3.8) is 0 Å². The molecule has 0 fully saturated rings. The summed E-state index contributed by atoms with van der Waals surface area (Å²) in [6, 6.07) is 13.5. The number of furan rings is 1. The van der Waals surface area contributed by atoms with E-state index in [2.05, 4.69) is 16.0 Å². The molecule has 29 heavy (non-hydrogen) atoms. The number of rotatable bonds is 5. The molecule has 0 radical (unpaired) electrons. The lowest BCUT2D eigenvalue weighted by atomic mass is 10.1. The van der Waals surface area contributed by atoms with Crippen molar-refractivity contribution in [2.75, 3.05) is 16.0 Å². The predicted octanol–water partition coefficient (Wildman–Crippen LogP) is 4.36. The number of nitrogens with one attached hydrogen (secondary N) is 3. The van der Waals surface area contributed by atoms with Gasteiger partial charge in [0.1, 0.15) is 0 Å². The summed E-state index contributed by atoms with van der Waals surface area (Å²) in [6.45, 7) is 5.11. The summed E-state index contributed by atoms with van der Waals surface area (Å²) in [4.78, 5) is 36.2. The predicted molar refractivity (Wildman–Crippen MR) is 111 cm³/mol. The molecule has 0 bridgehead atoms. The van der Waals surface area contributed by atoms with Crippen LogP contribution >= 0.6 is 0 Å². The Kier molecular flexibility index (Phi) is 5.78. The molecule has 0 spiro atoms. The summed E-state index contributed by atoms with van der Waals surface area (Å²) < 4.78 is 5.09. The van der Waals surface area contributed by atoms with Crippen LogP contribution in [0.1, 0.15) is 39.0 Å². The molecule has 7 heteroatoms. The average molecular weight is 391 g/mol. The minimum atomic E-state index is -0.394. The van der Waals surface area contributed by atoms with E-state index in [0.29, 0.717) is 22.6 Å². The lowest BCUT2D eigenvalue weighted by Crippen LogP contribution is -2.16. The van der Waals surface area contributed by atoms with Crippen LogP contribution < -0.4 is 16.0 Å². The van der Waals surface area contributed by atoms with Gasteiger partial charge in [0.15, 0.2) is 5.76 Å². The first-order valence-electron chi connectivity index (χ1n) is 8.98. The van der Waals surface area contributed by atoms with Gasteiger partial charge in [0.25, 0.3) is 11.8 Å². The van der Waals surface area contributed by atoms with Crippen LogP contribution in [-0.4, -0.2) is 17.7 Å². The Labute approximate surface area is 168 Å². The molecular formula is C22H21N3O4. The van der Waals surface area contributed by atoms with E-state index >= 15 is 0 Å². The van der Waals surface area contributed by atoms with E-state index in [9.17, 15) is 14.4 Å². The molecule has 3 aromatic rings. The molecule has 3 N–H and O–H groups in total. The van der Waals surface area contributed by atoms with Crippen molar-refractivity contribution in [3.05, 3.63) is 77.2 Å². The molecule has 0 unspecified atom stereocenters. The fourth-order valence-corrected chi connectivity index (χ4v) is 2.72. The Morgan fingerprint density at radius 1 is 0.793 bits per heavy atom. The minimum Gasteiger partial charge on any atom is -0.459 e. The highest BCUT2D eigenvalue weighted by atomic mass is 16.3. The highest BCUT2D eigenvalue weighted by Gasteiger charge is 2.14. The van der Waals surface area contributed by atoms with Gasteiger partial charge in [-0.2, -0.15) is 0 Å². The highest BCUT2D eigenvalue weighted by molar-refractivity contribution is 6.07. The third-order valence-electron chi connectivity index (χ3n) is 4.30. The van der Waals surface area contributed by atoms with E-state index in [1.165, 1.54) is 13.2 Å². The fraction of sp³-hybridized carbons (Fsp3) is 0.136. The smallest absolute Gasteiger partial charge is 0.291 e. The van der Waals surface area contributed by atoms with Crippen LogP contribution in [0.2, 0.25) is 0 Å². The van der Waals surface area contributed by atoms with Gasteiger partial charge in [0.2, 0.25) is 5.91 Å². The zero-order valence-corrected chi connectivity index (χ0v) is 16.3. The van der Waals surface area contributed by atoms with Crippen molar-refractivity contribution in [1.29, 1.82) is 0 Å².